The zero-order valence-electron chi connectivity index (χ0n) is 23.6. The van der Waals surface area contributed by atoms with Gasteiger partial charge in [-0.15, -0.1) is 0 Å². The van der Waals surface area contributed by atoms with Crippen LogP contribution in [-0.4, -0.2) is 45.7 Å². The van der Waals surface area contributed by atoms with Crippen molar-refractivity contribution in [2.45, 2.75) is 24.2 Å². The molecule has 0 N–H and O–H groups in total. The van der Waals surface area contributed by atoms with Crippen LogP contribution in [-0.2, 0) is 19.2 Å². The highest BCUT2D eigenvalue weighted by Gasteiger charge is 2.73. The largest absolute Gasteiger partial charge is 0.274 e. The summed E-state index contributed by atoms with van der Waals surface area (Å²) in [7, 11) is 0. The van der Waals surface area contributed by atoms with Crippen LogP contribution in [0.4, 0.5) is 28.9 Å². The molecule has 6 unspecified atom stereocenters. The van der Waals surface area contributed by atoms with Gasteiger partial charge in [-0.05, 0) is 71.8 Å². The molecular formula is C34H22F4N4O4. The second-order valence-corrected chi connectivity index (χ2v) is 11.7. The molecule has 4 fully saturated rings. The molecule has 4 heterocycles. The molecule has 8 rings (SSSR count). The molecule has 0 aromatic heterocycles. The Balaban J connectivity index is 1.33. The van der Waals surface area contributed by atoms with Gasteiger partial charge in [0.25, 0.3) is 11.8 Å². The number of benzene rings is 4. The van der Waals surface area contributed by atoms with Crippen molar-refractivity contribution in [3.63, 3.8) is 0 Å². The summed E-state index contributed by atoms with van der Waals surface area (Å²) in [5.41, 5.74) is 0.806. The molecule has 230 valence electrons. The number of hydrogen-bond donors (Lipinski definition) is 0. The fraction of sp³-hybridized carbons (Fsp3) is 0.176. The first-order chi connectivity index (χ1) is 22.2. The van der Waals surface area contributed by atoms with E-state index in [9.17, 15) is 36.7 Å². The second-order valence-electron chi connectivity index (χ2n) is 11.7. The summed E-state index contributed by atoms with van der Waals surface area (Å²) < 4.78 is 56.8. The molecule has 0 radical (unpaired) electrons. The van der Waals surface area contributed by atoms with E-state index in [2.05, 4.69) is 0 Å². The molecular weight excluding hydrogens is 604 g/mol. The van der Waals surface area contributed by atoms with Crippen LogP contribution in [0, 0.1) is 35.1 Å². The van der Waals surface area contributed by atoms with E-state index in [1.807, 2.05) is 0 Å². The molecule has 8 nitrogen and oxygen atoms in total. The van der Waals surface area contributed by atoms with E-state index in [-0.39, 0.29) is 11.4 Å². The van der Waals surface area contributed by atoms with Gasteiger partial charge in [-0.1, -0.05) is 36.4 Å². The third kappa shape index (κ3) is 3.93. The number of amides is 4. The van der Waals surface area contributed by atoms with Gasteiger partial charge in [0, 0.05) is 0 Å². The highest BCUT2D eigenvalue weighted by atomic mass is 19.1. The van der Waals surface area contributed by atoms with Gasteiger partial charge >= 0.3 is 0 Å². The number of rotatable bonds is 4. The maximum atomic E-state index is 14.3. The minimum Gasteiger partial charge on any atom is -0.274 e. The number of hydrogen-bond acceptors (Lipinski definition) is 6. The molecule has 0 bridgehead atoms. The van der Waals surface area contributed by atoms with E-state index >= 15 is 0 Å². The van der Waals surface area contributed by atoms with Gasteiger partial charge in [-0.25, -0.2) is 37.4 Å². The summed E-state index contributed by atoms with van der Waals surface area (Å²) in [4.78, 5) is 58.9. The molecule has 4 aliphatic heterocycles. The van der Waals surface area contributed by atoms with Crippen molar-refractivity contribution in [1.29, 1.82) is 0 Å². The standard InChI is InChI=1S/C34H22F4N4O4/c35-19-11-7-17(8-12-19)27-25-29(33(45)39(31(25)43)23-5-1-3-21(37)15-23)41-28(18-9-13-20(36)14-10-18)26-30(42(27)41)34(46)40(32(26)44)24-6-2-4-22(38)16-24/h1-16,25-30H. The van der Waals surface area contributed by atoms with Crippen molar-refractivity contribution in [3.05, 3.63) is 131 Å². The fourth-order valence-corrected chi connectivity index (χ4v) is 7.56. The number of carbonyl (C=O) groups is 4. The van der Waals surface area contributed by atoms with Gasteiger partial charge in [-0.3, -0.25) is 19.2 Å². The average Bonchev–Trinajstić information content (AvgIpc) is 3.69. The van der Waals surface area contributed by atoms with Crippen molar-refractivity contribution >= 4 is 35.0 Å². The Morgan fingerprint density at radius 3 is 1.13 bits per heavy atom. The van der Waals surface area contributed by atoms with Crippen molar-refractivity contribution in [1.82, 2.24) is 10.0 Å². The fourth-order valence-electron chi connectivity index (χ4n) is 7.56. The number of halogens is 4. The number of carbonyl (C=O) groups excluding carboxylic acids is 4. The lowest BCUT2D eigenvalue weighted by Gasteiger charge is -2.35. The molecule has 0 aliphatic carbocycles. The lowest BCUT2D eigenvalue weighted by Crippen LogP contribution is -2.50. The molecule has 4 aromatic carbocycles. The summed E-state index contributed by atoms with van der Waals surface area (Å²) in [6.45, 7) is 0. The van der Waals surface area contributed by atoms with Crippen LogP contribution >= 0.6 is 0 Å². The van der Waals surface area contributed by atoms with Gasteiger partial charge in [-0.2, -0.15) is 0 Å². The lowest BCUT2D eigenvalue weighted by atomic mass is 9.84. The van der Waals surface area contributed by atoms with Gasteiger partial charge in [0.15, 0.2) is 0 Å². The second kappa shape index (κ2) is 10.2. The van der Waals surface area contributed by atoms with Crippen molar-refractivity contribution in [3.8, 4) is 0 Å². The molecule has 6 atom stereocenters. The predicted octanol–water partition coefficient (Wildman–Crippen LogP) is 4.69. The number of imide groups is 2. The van der Waals surface area contributed by atoms with Crippen molar-refractivity contribution in [2.24, 2.45) is 11.8 Å². The number of anilines is 2. The summed E-state index contributed by atoms with van der Waals surface area (Å²) in [5, 5.41) is 3.08. The zero-order chi connectivity index (χ0) is 32.0. The summed E-state index contributed by atoms with van der Waals surface area (Å²) >= 11 is 0. The summed E-state index contributed by atoms with van der Waals surface area (Å²) in [5.74, 6) is -7.51. The van der Waals surface area contributed by atoms with Gasteiger partial charge in [0.2, 0.25) is 11.8 Å². The molecule has 46 heavy (non-hydrogen) atoms. The van der Waals surface area contributed by atoms with E-state index < -0.39 is 82.9 Å². The highest BCUT2D eigenvalue weighted by Crippen LogP contribution is 2.59. The Hall–Kier alpha value is -5.20. The van der Waals surface area contributed by atoms with Crippen LogP contribution in [0.25, 0.3) is 0 Å². The Kier molecular flexibility index (Phi) is 6.25. The molecule has 4 amide bonds. The Morgan fingerprint density at radius 2 is 0.783 bits per heavy atom. The lowest BCUT2D eigenvalue weighted by molar-refractivity contribution is -0.136. The van der Waals surface area contributed by atoms with Gasteiger partial charge < -0.3 is 0 Å². The molecule has 12 heteroatoms. The van der Waals surface area contributed by atoms with Crippen LogP contribution in [0.3, 0.4) is 0 Å². The van der Waals surface area contributed by atoms with E-state index in [4.69, 9.17) is 0 Å². The van der Waals surface area contributed by atoms with E-state index in [0.29, 0.717) is 11.1 Å². The Morgan fingerprint density at radius 1 is 0.413 bits per heavy atom. The zero-order valence-corrected chi connectivity index (χ0v) is 23.6. The van der Waals surface area contributed by atoms with Gasteiger partial charge in [0.05, 0.1) is 35.3 Å². The highest BCUT2D eigenvalue weighted by molar-refractivity contribution is 6.26. The van der Waals surface area contributed by atoms with Crippen LogP contribution in [0.1, 0.15) is 23.2 Å². The SMILES string of the molecule is O=C1C2C(C(=O)N1c1cccc(F)c1)N1C(c3ccc(F)cc3)C3C(=O)N(c4cccc(F)c4)C(=O)C3N1C2c1ccc(F)cc1. The maximum Gasteiger partial charge on any atom is 0.253 e. The number of nitrogens with zero attached hydrogens (tertiary/aromatic N) is 4. The molecule has 0 spiro atoms. The Labute approximate surface area is 259 Å². The minimum absolute atomic E-state index is 0.0101. The normalized spacial score (nSPS) is 27.5. The van der Waals surface area contributed by atoms with Crippen molar-refractivity contribution < 1.29 is 36.7 Å². The third-order valence-electron chi connectivity index (χ3n) is 9.28. The molecule has 0 saturated carbocycles. The predicted molar refractivity (Wildman–Crippen MR) is 154 cm³/mol. The number of fused-ring (bicyclic) bond motifs is 5. The Bertz CT molecular complexity index is 1810. The maximum absolute atomic E-state index is 14.3. The smallest absolute Gasteiger partial charge is 0.253 e. The summed E-state index contributed by atoms with van der Waals surface area (Å²) in [6, 6.07) is 15.9. The van der Waals surface area contributed by atoms with E-state index in [1.54, 1.807) is 10.0 Å². The minimum atomic E-state index is -1.25. The molecule has 4 aliphatic rings. The van der Waals surface area contributed by atoms with Crippen LogP contribution < -0.4 is 9.80 Å². The number of hydrazine groups is 1. The van der Waals surface area contributed by atoms with E-state index in [1.165, 1.54) is 84.9 Å². The topological polar surface area (TPSA) is 81.2 Å². The molecule has 4 aromatic rings. The van der Waals surface area contributed by atoms with Crippen LogP contribution in [0.15, 0.2) is 97.1 Å². The average molecular weight is 627 g/mol. The summed E-state index contributed by atoms with van der Waals surface area (Å²) in [6.07, 6.45) is 0. The van der Waals surface area contributed by atoms with Gasteiger partial charge in [0.1, 0.15) is 35.4 Å². The quantitative estimate of drug-likeness (QED) is 0.242. The van der Waals surface area contributed by atoms with Crippen LogP contribution in [0.5, 0.6) is 0 Å². The monoisotopic (exact) mass is 626 g/mol. The van der Waals surface area contributed by atoms with E-state index in [0.717, 1.165) is 21.9 Å². The first-order valence-corrected chi connectivity index (χ1v) is 14.5. The third-order valence-corrected chi connectivity index (χ3v) is 9.28. The van der Waals surface area contributed by atoms with Crippen molar-refractivity contribution in [2.75, 3.05) is 9.80 Å². The van der Waals surface area contributed by atoms with Crippen LogP contribution in [0.2, 0.25) is 0 Å². The molecule has 4 saturated heterocycles. The first-order valence-electron chi connectivity index (χ1n) is 14.5. The first kappa shape index (κ1) is 28.3.